The second-order valence-corrected chi connectivity index (χ2v) is 5.55. The van der Waals surface area contributed by atoms with E-state index in [1.54, 1.807) is 19.1 Å². The first-order valence-electron chi connectivity index (χ1n) is 7.21. The van der Waals surface area contributed by atoms with Gasteiger partial charge in [0.25, 0.3) is 11.6 Å². The SMILES string of the molecule is Cc1cccc(C(=O)NCC(O)C2CCCC2)c1[N+](=O)[O-]. The zero-order valence-corrected chi connectivity index (χ0v) is 12.0. The summed E-state index contributed by atoms with van der Waals surface area (Å²) >= 11 is 0. The van der Waals surface area contributed by atoms with Crippen molar-refractivity contribution in [2.45, 2.75) is 38.7 Å². The standard InChI is InChI=1S/C15H20N2O4/c1-10-5-4-8-12(14(10)17(20)21)15(19)16-9-13(18)11-6-2-3-7-11/h4-5,8,11,13,18H,2-3,6-7,9H2,1H3,(H,16,19). The Bertz CT molecular complexity index is 538. The fraction of sp³-hybridized carbons (Fsp3) is 0.533. The highest BCUT2D eigenvalue weighted by Gasteiger charge is 2.26. The van der Waals surface area contributed by atoms with E-state index in [1.165, 1.54) is 6.07 Å². The molecule has 1 aliphatic carbocycles. The highest BCUT2D eigenvalue weighted by molar-refractivity contribution is 5.98. The molecule has 2 N–H and O–H groups in total. The molecule has 1 saturated carbocycles. The lowest BCUT2D eigenvalue weighted by atomic mass is 10.0. The highest BCUT2D eigenvalue weighted by atomic mass is 16.6. The summed E-state index contributed by atoms with van der Waals surface area (Å²) in [4.78, 5) is 22.6. The van der Waals surface area contributed by atoms with E-state index < -0.39 is 16.9 Å². The third-order valence-electron chi connectivity index (χ3n) is 4.08. The van der Waals surface area contributed by atoms with Gasteiger partial charge in [-0.3, -0.25) is 14.9 Å². The number of nitrogens with zero attached hydrogens (tertiary/aromatic N) is 1. The number of nitro benzene ring substituents is 1. The maximum atomic E-state index is 12.1. The lowest BCUT2D eigenvalue weighted by Gasteiger charge is -2.18. The van der Waals surface area contributed by atoms with E-state index in [9.17, 15) is 20.0 Å². The number of hydrogen-bond donors (Lipinski definition) is 2. The van der Waals surface area contributed by atoms with Crippen LogP contribution in [0.2, 0.25) is 0 Å². The van der Waals surface area contributed by atoms with Crippen molar-refractivity contribution in [1.82, 2.24) is 5.32 Å². The Kier molecular flexibility index (Phi) is 4.90. The van der Waals surface area contributed by atoms with Gasteiger partial charge < -0.3 is 10.4 Å². The largest absolute Gasteiger partial charge is 0.391 e. The molecular formula is C15H20N2O4. The smallest absolute Gasteiger partial charge is 0.285 e. The third kappa shape index (κ3) is 3.58. The molecule has 21 heavy (non-hydrogen) atoms. The maximum absolute atomic E-state index is 12.1. The Balaban J connectivity index is 2.03. The van der Waals surface area contributed by atoms with Gasteiger partial charge in [-0.05, 0) is 31.7 Å². The number of para-hydroxylation sites is 1. The number of hydrogen-bond acceptors (Lipinski definition) is 4. The molecular weight excluding hydrogens is 272 g/mol. The van der Waals surface area contributed by atoms with Crippen molar-refractivity contribution in [3.05, 3.63) is 39.4 Å². The summed E-state index contributed by atoms with van der Waals surface area (Å²) in [6, 6.07) is 4.65. The van der Waals surface area contributed by atoms with Gasteiger partial charge in [-0.25, -0.2) is 0 Å². The van der Waals surface area contributed by atoms with Crippen LogP contribution in [-0.2, 0) is 0 Å². The van der Waals surface area contributed by atoms with Crippen LogP contribution in [0, 0.1) is 23.0 Å². The fourth-order valence-corrected chi connectivity index (χ4v) is 2.89. The average Bonchev–Trinajstić information content (AvgIpc) is 2.97. The molecule has 0 radical (unpaired) electrons. The van der Waals surface area contributed by atoms with Gasteiger partial charge >= 0.3 is 0 Å². The molecule has 0 aromatic heterocycles. The number of nitro groups is 1. The van der Waals surface area contributed by atoms with Crippen LogP contribution in [0.25, 0.3) is 0 Å². The topological polar surface area (TPSA) is 92.5 Å². The van der Waals surface area contributed by atoms with E-state index in [1.807, 2.05) is 0 Å². The van der Waals surface area contributed by atoms with Gasteiger partial charge in [-0.2, -0.15) is 0 Å². The summed E-state index contributed by atoms with van der Waals surface area (Å²) in [5, 5.41) is 23.7. The number of aliphatic hydroxyl groups is 1. The molecule has 0 spiro atoms. The van der Waals surface area contributed by atoms with E-state index in [0.717, 1.165) is 25.7 Å². The minimum atomic E-state index is -0.583. The molecule has 2 rings (SSSR count). The Morgan fingerprint density at radius 2 is 2.14 bits per heavy atom. The van der Waals surface area contributed by atoms with Crippen LogP contribution in [0.3, 0.4) is 0 Å². The minimum Gasteiger partial charge on any atom is -0.391 e. The van der Waals surface area contributed by atoms with Gasteiger partial charge in [0.1, 0.15) is 5.56 Å². The van der Waals surface area contributed by atoms with Gasteiger partial charge in [0.05, 0.1) is 11.0 Å². The van der Waals surface area contributed by atoms with E-state index in [0.29, 0.717) is 5.56 Å². The Labute approximate surface area is 123 Å². The summed E-state index contributed by atoms with van der Waals surface area (Å²) in [7, 11) is 0. The molecule has 1 aliphatic rings. The number of rotatable bonds is 5. The van der Waals surface area contributed by atoms with Crippen LogP contribution in [0.5, 0.6) is 0 Å². The summed E-state index contributed by atoms with van der Waals surface area (Å²) in [5.41, 5.74) is 0.313. The average molecular weight is 292 g/mol. The van der Waals surface area contributed by atoms with E-state index in [-0.39, 0.29) is 23.7 Å². The van der Waals surface area contributed by atoms with Gasteiger partial charge in [-0.1, -0.05) is 25.0 Å². The molecule has 0 saturated heterocycles. The third-order valence-corrected chi connectivity index (χ3v) is 4.08. The first kappa shape index (κ1) is 15.4. The Hall–Kier alpha value is -1.95. The molecule has 1 aromatic carbocycles. The van der Waals surface area contributed by atoms with Crippen LogP contribution in [-0.4, -0.2) is 28.6 Å². The fourth-order valence-electron chi connectivity index (χ4n) is 2.89. The molecule has 6 heteroatoms. The first-order valence-corrected chi connectivity index (χ1v) is 7.21. The van der Waals surface area contributed by atoms with Crippen molar-refractivity contribution < 1.29 is 14.8 Å². The number of aryl methyl sites for hydroxylation is 1. The molecule has 6 nitrogen and oxygen atoms in total. The summed E-state index contributed by atoms with van der Waals surface area (Å²) < 4.78 is 0. The van der Waals surface area contributed by atoms with Gasteiger partial charge in [0, 0.05) is 12.1 Å². The molecule has 1 amide bonds. The zero-order chi connectivity index (χ0) is 15.4. The summed E-state index contributed by atoms with van der Waals surface area (Å²) in [6.07, 6.45) is 3.58. The molecule has 1 fully saturated rings. The van der Waals surface area contributed by atoms with Crippen molar-refractivity contribution in [3.63, 3.8) is 0 Å². The monoisotopic (exact) mass is 292 g/mol. The molecule has 1 aromatic rings. The number of carbonyl (C=O) groups excluding carboxylic acids is 1. The maximum Gasteiger partial charge on any atom is 0.285 e. The van der Waals surface area contributed by atoms with E-state index in [4.69, 9.17) is 0 Å². The van der Waals surface area contributed by atoms with Crippen LogP contribution in [0.1, 0.15) is 41.6 Å². The van der Waals surface area contributed by atoms with Crippen LogP contribution < -0.4 is 5.32 Å². The zero-order valence-electron chi connectivity index (χ0n) is 12.0. The molecule has 0 aliphatic heterocycles. The first-order chi connectivity index (χ1) is 10.0. The van der Waals surface area contributed by atoms with E-state index in [2.05, 4.69) is 5.32 Å². The number of aliphatic hydroxyl groups excluding tert-OH is 1. The van der Waals surface area contributed by atoms with Gasteiger partial charge in [0.15, 0.2) is 0 Å². The predicted octanol–water partition coefficient (Wildman–Crippen LogP) is 2.18. The van der Waals surface area contributed by atoms with Crippen molar-refractivity contribution in [3.8, 4) is 0 Å². The van der Waals surface area contributed by atoms with E-state index >= 15 is 0 Å². The van der Waals surface area contributed by atoms with Crippen LogP contribution in [0.4, 0.5) is 5.69 Å². The Morgan fingerprint density at radius 1 is 1.48 bits per heavy atom. The Morgan fingerprint density at radius 3 is 2.76 bits per heavy atom. The molecule has 1 atom stereocenters. The summed E-state index contributed by atoms with van der Waals surface area (Å²) in [6.45, 7) is 1.73. The van der Waals surface area contributed by atoms with Crippen molar-refractivity contribution >= 4 is 11.6 Å². The normalized spacial score (nSPS) is 16.7. The number of carbonyl (C=O) groups is 1. The number of nitrogens with one attached hydrogen (secondary N) is 1. The van der Waals surface area contributed by atoms with Gasteiger partial charge in [-0.15, -0.1) is 0 Å². The predicted molar refractivity (Wildman–Crippen MR) is 78.1 cm³/mol. The summed E-state index contributed by atoms with van der Waals surface area (Å²) in [5.74, 6) is -0.291. The lowest BCUT2D eigenvalue weighted by Crippen LogP contribution is -2.35. The van der Waals surface area contributed by atoms with Crippen molar-refractivity contribution in [1.29, 1.82) is 0 Å². The quantitative estimate of drug-likeness (QED) is 0.642. The second kappa shape index (κ2) is 6.67. The number of amides is 1. The van der Waals surface area contributed by atoms with Crippen molar-refractivity contribution in [2.24, 2.45) is 5.92 Å². The van der Waals surface area contributed by atoms with Crippen molar-refractivity contribution in [2.75, 3.05) is 6.54 Å². The van der Waals surface area contributed by atoms with Gasteiger partial charge in [0.2, 0.25) is 0 Å². The highest BCUT2D eigenvalue weighted by Crippen LogP contribution is 2.27. The van der Waals surface area contributed by atoms with Crippen LogP contribution in [0.15, 0.2) is 18.2 Å². The molecule has 114 valence electrons. The second-order valence-electron chi connectivity index (χ2n) is 5.55. The molecule has 1 unspecified atom stereocenters. The molecule has 0 heterocycles. The number of benzene rings is 1. The van der Waals surface area contributed by atoms with Crippen LogP contribution >= 0.6 is 0 Å². The molecule has 0 bridgehead atoms. The minimum absolute atomic E-state index is 0.0404. The lowest BCUT2D eigenvalue weighted by molar-refractivity contribution is -0.385.